The van der Waals surface area contributed by atoms with Crippen LogP contribution < -0.4 is 33.8 Å². The van der Waals surface area contributed by atoms with Gasteiger partial charge in [-0.2, -0.15) is 0 Å². The molecule has 37 heavy (non-hydrogen) atoms. The first kappa shape index (κ1) is 24.6. The zero-order valence-corrected chi connectivity index (χ0v) is 21.7. The Bertz CT molecular complexity index is 1580. The fourth-order valence-electron chi connectivity index (χ4n) is 4.44. The first-order valence-electron chi connectivity index (χ1n) is 11.8. The Balaban J connectivity index is 1.72. The van der Waals surface area contributed by atoms with Gasteiger partial charge in [-0.1, -0.05) is 17.4 Å². The van der Waals surface area contributed by atoms with E-state index in [1.165, 1.54) is 23.0 Å². The van der Waals surface area contributed by atoms with E-state index in [4.69, 9.17) is 23.7 Å². The van der Waals surface area contributed by atoms with E-state index in [2.05, 4.69) is 4.99 Å². The lowest BCUT2D eigenvalue weighted by molar-refractivity contribution is -0.139. The molecule has 0 N–H and O–H groups in total. The van der Waals surface area contributed by atoms with Gasteiger partial charge in [0.05, 0.1) is 36.6 Å². The maximum absolute atomic E-state index is 13.9. The number of esters is 1. The Morgan fingerprint density at radius 1 is 1.14 bits per heavy atom. The molecule has 0 unspecified atom stereocenters. The van der Waals surface area contributed by atoms with Crippen LogP contribution in [0.2, 0.25) is 0 Å². The summed E-state index contributed by atoms with van der Waals surface area (Å²) in [4.78, 5) is 32.1. The van der Waals surface area contributed by atoms with Crippen molar-refractivity contribution in [3.05, 3.63) is 78.5 Å². The highest BCUT2D eigenvalue weighted by Crippen LogP contribution is 2.38. The van der Waals surface area contributed by atoms with E-state index >= 15 is 0 Å². The van der Waals surface area contributed by atoms with Crippen LogP contribution in [-0.2, 0) is 9.53 Å². The van der Waals surface area contributed by atoms with Crippen LogP contribution in [-0.4, -0.2) is 44.6 Å². The lowest BCUT2D eigenvalue weighted by Gasteiger charge is -2.26. The SMILES string of the molecule is CCOC(=O)C1=C(C)N=c2s/c(=C\c3ccc4c(c3)OCCO4)c(=O)n2[C@H]1c1cc(OC)ccc1OC. The molecule has 0 saturated carbocycles. The average Bonchev–Trinajstić information content (AvgIpc) is 3.21. The number of hydrogen-bond acceptors (Lipinski definition) is 9. The van der Waals surface area contributed by atoms with Gasteiger partial charge in [0.1, 0.15) is 30.8 Å². The van der Waals surface area contributed by atoms with Crippen molar-refractivity contribution in [3.8, 4) is 23.0 Å². The fraction of sp³-hybridized carbons (Fsp3) is 0.296. The quantitative estimate of drug-likeness (QED) is 0.459. The first-order valence-corrected chi connectivity index (χ1v) is 12.6. The summed E-state index contributed by atoms with van der Waals surface area (Å²) >= 11 is 1.24. The molecule has 0 aliphatic carbocycles. The second-order valence-electron chi connectivity index (χ2n) is 8.31. The smallest absolute Gasteiger partial charge is 0.338 e. The standard InChI is InChI=1S/C27H26N2O7S/c1-5-34-26(31)23-15(2)28-27-29(24(23)18-14-17(32-3)7-9-19(18)33-4)25(30)22(37-27)13-16-6-8-20-21(12-16)36-11-10-35-20/h6-9,12-14,24H,5,10-11H2,1-4H3/b22-13-/t24-/m0/s1. The number of benzene rings is 2. The molecule has 0 radical (unpaired) electrons. The molecule has 0 saturated heterocycles. The number of allylic oxidation sites excluding steroid dienone is 1. The summed E-state index contributed by atoms with van der Waals surface area (Å²) in [6.45, 7) is 4.63. The van der Waals surface area contributed by atoms with Gasteiger partial charge in [0.15, 0.2) is 16.3 Å². The van der Waals surface area contributed by atoms with Crippen LogP contribution in [0, 0.1) is 0 Å². The zero-order chi connectivity index (χ0) is 26.1. The van der Waals surface area contributed by atoms with Crippen molar-refractivity contribution in [1.82, 2.24) is 4.57 Å². The fourth-order valence-corrected chi connectivity index (χ4v) is 5.49. The van der Waals surface area contributed by atoms with Crippen LogP contribution in [0.5, 0.6) is 23.0 Å². The summed E-state index contributed by atoms with van der Waals surface area (Å²) in [6, 6.07) is 9.98. The number of aromatic nitrogens is 1. The number of carbonyl (C=O) groups is 1. The van der Waals surface area contributed by atoms with Gasteiger partial charge in [-0.25, -0.2) is 9.79 Å². The van der Waals surface area contributed by atoms with Gasteiger partial charge in [0.25, 0.3) is 5.56 Å². The number of nitrogens with zero attached hydrogens (tertiary/aromatic N) is 2. The van der Waals surface area contributed by atoms with Crippen LogP contribution >= 0.6 is 11.3 Å². The molecular formula is C27H26N2O7S. The molecule has 0 fully saturated rings. The van der Waals surface area contributed by atoms with Gasteiger partial charge in [-0.3, -0.25) is 9.36 Å². The Labute approximate surface area is 216 Å². The van der Waals surface area contributed by atoms with Gasteiger partial charge < -0.3 is 23.7 Å². The van der Waals surface area contributed by atoms with Crippen LogP contribution in [0.3, 0.4) is 0 Å². The largest absolute Gasteiger partial charge is 0.497 e. The Morgan fingerprint density at radius 2 is 1.92 bits per heavy atom. The number of carbonyl (C=O) groups excluding carboxylic acids is 1. The third-order valence-electron chi connectivity index (χ3n) is 6.11. The molecule has 2 aliphatic heterocycles. The van der Waals surface area contributed by atoms with Crippen molar-refractivity contribution in [2.45, 2.75) is 19.9 Å². The van der Waals surface area contributed by atoms with Crippen molar-refractivity contribution in [1.29, 1.82) is 0 Å². The number of thiazole rings is 1. The molecule has 2 aromatic carbocycles. The Morgan fingerprint density at radius 3 is 2.65 bits per heavy atom. The van der Waals surface area contributed by atoms with Crippen molar-refractivity contribution in [2.75, 3.05) is 34.0 Å². The van der Waals surface area contributed by atoms with Crippen molar-refractivity contribution in [2.24, 2.45) is 4.99 Å². The van der Waals surface area contributed by atoms with E-state index in [1.54, 1.807) is 45.2 Å². The second kappa shape index (κ2) is 10.1. The zero-order valence-electron chi connectivity index (χ0n) is 20.9. The molecule has 10 heteroatoms. The first-order chi connectivity index (χ1) is 17.9. The minimum absolute atomic E-state index is 0.187. The Hall–Kier alpha value is -4.05. The number of hydrogen-bond donors (Lipinski definition) is 0. The lowest BCUT2D eigenvalue weighted by atomic mass is 9.94. The molecule has 0 bridgehead atoms. The molecule has 1 aromatic heterocycles. The molecule has 2 aliphatic rings. The molecule has 9 nitrogen and oxygen atoms in total. The van der Waals surface area contributed by atoms with Crippen molar-refractivity contribution >= 4 is 23.4 Å². The van der Waals surface area contributed by atoms with Gasteiger partial charge in [-0.15, -0.1) is 0 Å². The highest BCUT2D eigenvalue weighted by molar-refractivity contribution is 7.07. The van der Waals surface area contributed by atoms with Crippen LogP contribution in [0.25, 0.3) is 6.08 Å². The number of ether oxygens (including phenoxy) is 5. The van der Waals surface area contributed by atoms with Crippen molar-refractivity contribution in [3.63, 3.8) is 0 Å². The van der Waals surface area contributed by atoms with Gasteiger partial charge in [0, 0.05) is 5.56 Å². The maximum atomic E-state index is 13.9. The van der Waals surface area contributed by atoms with Gasteiger partial charge >= 0.3 is 5.97 Å². The lowest BCUT2D eigenvalue weighted by Crippen LogP contribution is -2.40. The van der Waals surface area contributed by atoms with E-state index in [1.807, 2.05) is 18.2 Å². The predicted molar refractivity (Wildman–Crippen MR) is 137 cm³/mol. The van der Waals surface area contributed by atoms with Crippen molar-refractivity contribution < 1.29 is 28.5 Å². The summed E-state index contributed by atoms with van der Waals surface area (Å²) in [5, 5.41) is 0. The van der Waals surface area contributed by atoms with Crippen LogP contribution in [0.15, 0.2) is 57.5 Å². The highest BCUT2D eigenvalue weighted by atomic mass is 32.1. The molecule has 5 rings (SSSR count). The minimum atomic E-state index is -0.817. The molecule has 0 amide bonds. The second-order valence-corrected chi connectivity index (χ2v) is 9.32. The molecule has 0 spiro atoms. The van der Waals surface area contributed by atoms with E-state index < -0.39 is 12.0 Å². The van der Waals surface area contributed by atoms with E-state index in [9.17, 15) is 9.59 Å². The number of methoxy groups -OCH3 is 2. The number of fused-ring (bicyclic) bond motifs is 2. The summed E-state index contributed by atoms with van der Waals surface area (Å²) in [5.74, 6) is 1.83. The van der Waals surface area contributed by atoms with E-state index in [0.29, 0.717) is 56.8 Å². The third-order valence-corrected chi connectivity index (χ3v) is 7.10. The minimum Gasteiger partial charge on any atom is -0.497 e. The highest BCUT2D eigenvalue weighted by Gasteiger charge is 2.35. The van der Waals surface area contributed by atoms with E-state index in [0.717, 1.165) is 5.56 Å². The summed E-state index contributed by atoms with van der Waals surface area (Å²) in [6.07, 6.45) is 1.78. The Kier molecular flexibility index (Phi) is 6.75. The summed E-state index contributed by atoms with van der Waals surface area (Å²) in [7, 11) is 3.09. The third kappa shape index (κ3) is 4.48. The molecule has 192 valence electrons. The monoisotopic (exact) mass is 522 g/mol. The van der Waals surface area contributed by atoms with Crippen LogP contribution in [0.4, 0.5) is 0 Å². The molecule has 3 heterocycles. The normalized spacial score (nSPS) is 16.6. The summed E-state index contributed by atoms with van der Waals surface area (Å²) < 4.78 is 29.7. The average molecular weight is 523 g/mol. The predicted octanol–water partition coefficient (Wildman–Crippen LogP) is 2.59. The maximum Gasteiger partial charge on any atom is 0.338 e. The number of rotatable bonds is 6. The van der Waals surface area contributed by atoms with Gasteiger partial charge in [0.2, 0.25) is 0 Å². The molecular weight excluding hydrogens is 496 g/mol. The summed E-state index contributed by atoms with van der Waals surface area (Å²) in [5.41, 5.74) is 1.83. The molecule has 3 aromatic rings. The molecule has 1 atom stereocenters. The van der Waals surface area contributed by atoms with Gasteiger partial charge in [-0.05, 0) is 55.8 Å². The van der Waals surface area contributed by atoms with E-state index in [-0.39, 0.29) is 17.7 Å². The van der Waals surface area contributed by atoms with Crippen LogP contribution in [0.1, 0.15) is 31.0 Å². The topological polar surface area (TPSA) is 97.6 Å².